The second-order valence-electron chi connectivity index (χ2n) is 6.47. The maximum absolute atomic E-state index is 6.08. The van der Waals surface area contributed by atoms with Crippen molar-refractivity contribution in [3.63, 3.8) is 0 Å². The van der Waals surface area contributed by atoms with Crippen LogP contribution in [-0.4, -0.2) is 37.5 Å². The van der Waals surface area contributed by atoms with Crippen molar-refractivity contribution < 1.29 is 9.47 Å². The van der Waals surface area contributed by atoms with Gasteiger partial charge < -0.3 is 14.8 Å². The van der Waals surface area contributed by atoms with Gasteiger partial charge in [0.25, 0.3) is 0 Å². The van der Waals surface area contributed by atoms with Gasteiger partial charge in [-0.2, -0.15) is 0 Å². The molecule has 19 heavy (non-hydrogen) atoms. The van der Waals surface area contributed by atoms with Gasteiger partial charge in [-0.25, -0.2) is 0 Å². The molecule has 2 atom stereocenters. The van der Waals surface area contributed by atoms with E-state index in [0.29, 0.717) is 24.4 Å². The van der Waals surface area contributed by atoms with Gasteiger partial charge in [-0.1, -0.05) is 39.5 Å². The van der Waals surface area contributed by atoms with Crippen LogP contribution in [0.5, 0.6) is 0 Å². The van der Waals surface area contributed by atoms with Crippen LogP contribution in [0.2, 0.25) is 0 Å². The second-order valence-corrected chi connectivity index (χ2v) is 6.47. The lowest BCUT2D eigenvalue weighted by Gasteiger charge is -2.19. The van der Waals surface area contributed by atoms with Crippen LogP contribution in [-0.2, 0) is 9.47 Å². The standard InChI is InChI=1S/C16H31NO2/c1-13(2)17-11-15-9-10-16(19-15)12-18-14-7-5-3-4-6-8-14/h13-17H,3-12H2,1-2H3. The fourth-order valence-corrected chi connectivity index (χ4v) is 3.07. The second kappa shape index (κ2) is 8.23. The molecular formula is C16H31NO2. The molecule has 0 amide bonds. The Morgan fingerprint density at radius 3 is 2.37 bits per heavy atom. The molecule has 1 aliphatic heterocycles. The van der Waals surface area contributed by atoms with Crippen LogP contribution in [0.15, 0.2) is 0 Å². The molecule has 2 rings (SSSR count). The number of rotatable bonds is 6. The van der Waals surface area contributed by atoms with Crippen LogP contribution < -0.4 is 5.32 Å². The summed E-state index contributed by atoms with van der Waals surface area (Å²) < 4.78 is 12.1. The lowest BCUT2D eigenvalue weighted by Crippen LogP contribution is -2.32. The Labute approximate surface area is 118 Å². The molecule has 0 aromatic heterocycles. The van der Waals surface area contributed by atoms with Gasteiger partial charge >= 0.3 is 0 Å². The molecule has 2 aliphatic rings. The minimum atomic E-state index is 0.335. The summed E-state index contributed by atoms with van der Waals surface area (Å²) in [6.45, 7) is 6.16. The van der Waals surface area contributed by atoms with Gasteiger partial charge in [0.05, 0.1) is 24.9 Å². The number of ether oxygens (including phenoxy) is 2. The van der Waals surface area contributed by atoms with E-state index < -0.39 is 0 Å². The van der Waals surface area contributed by atoms with E-state index in [1.54, 1.807) is 0 Å². The van der Waals surface area contributed by atoms with Crippen molar-refractivity contribution in [3.8, 4) is 0 Å². The maximum Gasteiger partial charge on any atom is 0.0814 e. The molecule has 1 saturated heterocycles. The highest BCUT2D eigenvalue weighted by Crippen LogP contribution is 2.23. The van der Waals surface area contributed by atoms with Crippen molar-refractivity contribution >= 4 is 0 Å². The van der Waals surface area contributed by atoms with Crippen molar-refractivity contribution in [1.82, 2.24) is 5.32 Å². The summed E-state index contributed by atoms with van der Waals surface area (Å²) in [5.74, 6) is 0. The smallest absolute Gasteiger partial charge is 0.0814 e. The van der Waals surface area contributed by atoms with Gasteiger partial charge in [0.15, 0.2) is 0 Å². The first-order valence-electron chi connectivity index (χ1n) is 8.24. The van der Waals surface area contributed by atoms with Gasteiger partial charge in [-0.3, -0.25) is 0 Å². The third-order valence-electron chi connectivity index (χ3n) is 4.27. The molecule has 0 aromatic rings. The van der Waals surface area contributed by atoms with E-state index in [-0.39, 0.29) is 0 Å². The lowest BCUT2D eigenvalue weighted by atomic mass is 10.1. The van der Waals surface area contributed by atoms with Crippen molar-refractivity contribution in [2.24, 2.45) is 0 Å². The van der Waals surface area contributed by atoms with Crippen molar-refractivity contribution in [2.75, 3.05) is 13.2 Å². The predicted molar refractivity (Wildman–Crippen MR) is 78.5 cm³/mol. The Bertz CT molecular complexity index is 237. The van der Waals surface area contributed by atoms with Gasteiger partial charge in [-0.15, -0.1) is 0 Å². The van der Waals surface area contributed by atoms with Crippen LogP contribution in [0.25, 0.3) is 0 Å². The van der Waals surface area contributed by atoms with Gasteiger partial charge in [0.1, 0.15) is 0 Å². The minimum absolute atomic E-state index is 0.335. The summed E-state index contributed by atoms with van der Waals surface area (Å²) in [6.07, 6.45) is 11.6. The fraction of sp³-hybridized carbons (Fsp3) is 1.00. The average Bonchev–Trinajstić information content (AvgIpc) is 2.68. The molecule has 0 spiro atoms. The molecule has 1 aliphatic carbocycles. The molecule has 0 bridgehead atoms. The van der Waals surface area contributed by atoms with E-state index in [0.717, 1.165) is 19.6 Å². The molecule has 1 saturated carbocycles. The summed E-state index contributed by atoms with van der Waals surface area (Å²) in [4.78, 5) is 0. The molecule has 3 heteroatoms. The van der Waals surface area contributed by atoms with Crippen LogP contribution in [0.4, 0.5) is 0 Å². The molecule has 0 aromatic carbocycles. The van der Waals surface area contributed by atoms with E-state index in [2.05, 4.69) is 19.2 Å². The fourth-order valence-electron chi connectivity index (χ4n) is 3.07. The summed E-state index contributed by atoms with van der Waals surface area (Å²) in [5.41, 5.74) is 0. The van der Waals surface area contributed by atoms with Crippen molar-refractivity contribution in [2.45, 2.75) is 89.6 Å². The molecule has 2 fully saturated rings. The minimum Gasteiger partial charge on any atom is -0.376 e. The Hall–Kier alpha value is -0.120. The largest absolute Gasteiger partial charge is 0.376 e. The zero-order chi connectivity index (χ0) is 13.5. The van der Waals surface area contributed by atoms with Crippen LogP contribution >= 0.6 is 0 Å². The Morgan fingerprint density at radius 1 is 1.00 bits per heavy atom. The zero-order valence-corrected chi connectivity index (χ0v) is 12.7. The van der Waals surface area contributed by atoms with Gasteiger partial charge in [0, 0.05) is 12.6 Å². The van der Waals surface area contributed by atoms with E-state index in [1.807, 2.05) is 0 Å². The maximum atomic E-state index is 6.08. The highest BCUT2D eigenvalue weighted by molar-refractivity contribution is 4.76. The number of hydrogen-bond donors (Lipinski definition) is 1. The quantitative estimate of drug-likeness (QED) is 0.751. The predicted octanol–water partition coefficient (Wildman–Crippen LogP) is 3.27. The highest BCUT2D eigenvalue weighted by atomic mass is 16.5. The summed E-state index contributed by atoms with van der Waals surface area (Å²) >= 11 is 0. The van der Waals surface area contributed by atoms with Gasteiger partial charge in [-0.05, 0) is 25.7 Å². The first kappa shape index (κ1) is 15.3. The number of hydrogen-bond acceptors (Lipinski definition) is 3. The molecule has 3 nitrogen and oxygen atoms in total. The van der Waals surface area contributed by atoms with Crippen LogP contribution in [0, 0.1) is 0 Å². The normalized spacial score (nSPS) is 29.8. The van der Waals surface area contributed by atoms with Crippen LogP contribution in [0.1, 0.15) is 65.2 Å². The zero-order valence-electron chi connectivity index (χ0n) is 12.7. The van der Waals surface area contributed by atoms with E-state index in [9.17, 15) is 0 Å². The molecule has 1 heterocycles. The molecule has 112 valence electrons. The van der Waals surface area contributed by atoms with Gasteiger partial charge in [0.2, 0.25) is 0 Å². The molecule has 1 N–H and O–H groups in total. The third-order valence-corrected chi connectivity index (χ3v) is 4.27. The Morgan fingerprint density at radius 2 is 1.68 bits per heavy atom. The number of nitrogens with one attached hydrogen (secondary N) is 1. The van der Waals surface area contributed by atoms with Crippen molar-refractivity contribution in [3.05, 3.63) is 0 Å². The van der Waals surface area contributed by atoms with Crippen LogP contribution in [0.3, 0.4) is 0 Å². The summed E-state index contributed by atoms with van der Waals surface area (Å²) in [7, 11) is 0. The lowest BCUT2D eigenvalue weighted by molar-refractivity contribution is -0.0446. The molecule has 0 radical (unpaired) electrons. The molecule has 2 unspecified atom stereocenters. The average molecular weight is 269 g/mol. The monoisotopic (exact) mass is 269 g/mol. The van der Waals surface area contributed by atoms with Crippen molar-refractivity contribution in [1.29, 1.82) is 0 Å². The Balaban J connectivity index is 1.59. The van der Waals surface area contributed by atoms with E-state index in [4.69, 9.17) is 9.47 Å². The highest BCUT2D eigenvalue weighted by Gasteiger charge is 2.26. The Kier molecular flexibility index (Phi) is 6.62. The summed E-state index contributed by atoms with van der Waals surface area (Å²) in [5, 5.41) is 3.46. The SMILES string of the molecule is CC(C)NCC1CCC(COC2CCCCCC2)O1. The topological polar surface area (TPSA) is 30.5 Å². The third kappa shape index (κ3) is 5.80. The first-order valence-corrected chi connectivity index (χ1v) is 8.24. The van der Waals surface area contributed by atoms with E-state index >= 15 is 0 Å². The molecular weight excluding hydrogens is 238 g/mol. The summed E-state index contributed by atoms with van der Waals surface area (Å²) in [6, 6.07) is 0.546. The van der Waals surface area contributed by atoms with E-state index in [1.165, 1.54) is 44.9 Å². The first-order chi connectivity index (χ1) is 9.24.